The van der Waals surface area contributed by atoms with Crippen molar-refractivity contribution in [3.63, 3.8) is 0 Å². The molecule has 25 heavy (non-hydrogen) atoms. The number of aromatic nitrogens is 2. The Morgan fingerprint density at radius 1 is 1.04 bits per heavy atom. The molecule has 0 aliphatic heterocycles. The molecule has 2 heterocycles. The summed E-state index contributed by atoms with van der Waals surface area (Å²) < 4.78 is 0. The van der Waals surface area contributed by atoms with Crippen LogP contribution in [0.1, 0.15) is 32.9 Å². The molecule has 0 fully saturated rings. The maximum atomic E-state index is 12.4. The molecule has 0 bridgehead atoms. The van der Waals surface area contributed by atoms with Crippen LogP contribution in [-0.2, 0) is 6.54 Å². The number of pyridine rings is 2. The number of benzene rings is 1. The van der Waals surface area contributed by atoms with Crippen molar-refractivity contribution in [2.75, 3.05) is 0 Å². The number of carbonyl (C=O) groups is 1. The fraction of sp³-hybridized carbons (Fsp3) is 0.211. The normalized spacial score (nSPS) is 10.8. The summed E-state index contributed by atoms with van der Waals surface area (Å²) in [5.74, 6) is -0.432. The van der Waals surface area contributed by atoms with Crippen LogP contribution in [-0.4, -0.2) is 15.9 Å². The zero-order valence-electron chi connectivity index (χ0n) is 14.3. The van der Waals surface area contributed by atoms with Gasteiger partial charge in [-0.1, -0.05) is 11.6 Å². The number of carbonyl (C=O) groups excluding carboxylic acids is 1. The summed E-state index contributed by atoms with van der Waals surface area (Å²) >= 11 is 0. The minimum Gasteiger partial charge on any atom is -0.350 e. The van der Waals surface area contributed by atoms with E-state index in [0.29, 0.717) is 16.5 Å². The summed E-state index contributed by atoms with van der Waals surface area (Å²) in [4.78, 5) is 42.3. The van der Waals surface area contributed by atoms with E-state index in [1.165, 1.54) is 6.07 Å². The summed E-state index contributed by atoms with van der Waals surface area (Å²) in [5, 5.41) is 3.23. The molecule has 3 aromatic rings. The zero-order chi connectivity index (χ0) is 18.1. The van der Waals surface area contributed by atoms with E-state index in [2.05, 4.69) is 15.3 Å². The van der Waals surface area contributed by atoms with Crippen LogP contribution in [0.15, 0.2) is 39.9 Å². The number of aromatic amines is 2. The Morgan fingerprint density at radius 2 is 1.80 bits per heavy atom. The molecule has 0 saturated heterocycles. The molecule has 3 N–H and O–H groups in total. The van der Waals surface area contributed by atoms with Gasteiger partial charge < -0.3 is 15.3 Å². The monoisotopic (exact) mass is 337 g/mol. The van der Waals surface area contributed by atoms with Gasteiger partial charge in [0.15, 0.2) is 5.43 Å². The lowest BCUT2D eigenvalue weighted by molar-refractivity contribution is 0.0946. The molecule has 1 aromatic carbocycles. The van der Waals surface area contributed by atoms with Crippen LogP contribution in [0.2, 0.25) is 0 Å². The lowest BCUT2D eigenvalue weighted by Gasteiger charge is -2.09. The van der Waals surface area contributed by atoms with E-state index >= 15 is 0 Å². The van der Waals surface area contributed by atoms with Crippen molar-refractivity contribution >= 4 is 16.8 Å². The molecule has 6 nitrogen and oxygen atoms in total. The van der Waals surface area contributed by atoms with E-state index in [1.807, 2.05) is 26.0 Å². The summed E-state index contributed by atoms with van der Waals surface area (Å²) in [6.07, 6.45) is 0. The molecule has 6 heteroatoms. The zero-order valence-corrected chi connectivity index (χ0v) is 14.3. The Kier molecular flexibility index (Phi) is 4.27. The number of nitrogens with one attached hydrogen (secondary N) is 3. The fourth-order valence-electron chi connectivity index (χ4n) is 2.85. The molecule has 2 aromatic heterocycles. The van der Waals surface area contributed by atoms with Crippen molar-refractivity contribution < 1.29 is 4.79 Å². The summed E-state index contributed by atoms with van der Waals surface area (Å²) in [7, 11) is 0. The highest BCUT2D eigenvalue weighted by Crippen LogP contribution is 2.11. The highest BCUT2D eigenvalue weighted by atomic mass is 16.2. The molecule has 3 rings (SSSR count). The maximum Gasteiger partial charge on any atom is 0.268 e. The number of amides is 1. The van der Waals surface area contributed by atoms with Crippen LogP contribution >= 0.6 is 0 Å². The Morgan fingerprint density at radius 3 is 2.52 bits per heavy atom. The molecular weight excluding hydrogens is 318 g/mol. The van der Waals surface area contributed by atoms with Crippen molar-refractivity contribution in [3.8, 4) is 0 Å². The molecule has 0 aliphatic rings. The van der Waals surface area contributed by atoms with E-state index in [9.17, 15) is 14.4 Å². The Hall–Kier alpha value is -3.15. The van der Waals surface area contributed by atoms with Gasteiger partial charge in [0, 0.05) is 34.8 Å². The second-order valence-corrected chi connectivity index (χ2v) is 6.22. The number of rotatable bonds is 3. The summed E-state index contributed by atoms with van der Waals surface area (Å²) in [6, 6.07) is 8.56. The van der Waals surface area contributed by atoms with Gasteiger partial charge in [0.25, 0.3) is 11.5 Å². The Balaban J connectivity index is 1.87. The van der Waals surface area contributed by atoms with Gasteiger partial charge in [-0.3, -0.25) is 14.4 Å². The molecule has 1 amide bonds. The molecule has 0 saturated carbocycles. The Labute approximate surface area is 143 Å². The average molecular weight is 337 g/mol. The first-order valence-electron chi connectivity index (χ1n) is 7.96. The van der Waals surface area contributed by atoms with Crippen LogP contribution in [0.25, 0.3) is 10.9 Å². The van der Waals surface area contributed by atoms with Gasteiger partial charge in [0.05, 0.1) is 0 Å². The van der Waals surface area contributed by atoms with Gasteiger partial charge in [0.2, 0.25) is 0 Å². The van der Waals surface area contributed by atoms with Crippen molar-refractivity contribution in [2.24, 2.45) is 0 Å². The van der Waals surface area contributed by atoms with Crippen molar-refractivity contribution in [2.45, 2.75) is 27.3 Å². The molecule has 0 aliphatic carbocycles. The maximum absolute atomic E-state index is 12.4. The third kappa shape index (κ3) is 3.38. The highest BCUT2D eigenvalue weighted by Gasteiger charge is 2.12. The van der Waals surface area contributed by atoms with E-state index < -0.39 is 5.91 Å². The SMILES string of the molecule is Cc1ccc2[nH]c(C(=O)NCc3c(C)cc(C)[nH]c3=O)cc(=O)c2c1. The fourth-order valence-corrected chi connectivity index (χ4v) is 2.85. The second-order valence-electron chi connectivity index (χ2n) is 6.22. The first-order valence-corrected chi connectivity index (χ1v) is 7.96. The molecule has 0 spiro atoms. The standard InChI is InChI=1S/C19H19N3O3/c1-10-4-5-15-13(6-10)17(23)8-16(22-15)19(25)20-9-14-11(2)7-12(3)21-18(14)24/h4-8H,9H2,1-3H3,(H,20,25)(H,21,24)(H,22,23). The van der Waals surface area contributed by atoms with Gasteiger partial charge >= 0.3 is 0 Å². The van der Waals surface area contributed by atoms with Gasteiger partial charge in [-0.2, -0.15) is 0 Å². The van der Waals surface area contributed by atoms with Crippen molar-refractivity contribution in [3.05, 3.63) is 79.0 Å². The van der Waals surface area contributed by atoms with Crippen LogP contribution < -0.4 is 16.3 Å². The van der Waals surface area contributed by atoms with E-state index in [0.717, 1.165) is 16.8 Å². The third-order valence-corrected chi connectivity index (χ3v) is 4.15. The summed E-state index contributed by atoms with van der Waals surface area (Å²) in [6.45, 7) is 5.62. The van der Waals surface area contributed by atoms with Gasteiger partial charge in [-0.25, -0.2) is 0 Å². The molecule has 0 atom stereocenters. The number of aryl methyl sites for hydroxylation is 3. The number of hydrogen-bond acceptors (Lipinski definition) is 3. The predicted molar refractivity (Wildman–Crippen MR) is 97.0 cm³/mol. The van der Waals surface area contributed by atoms with Crippen LogP contribution in [0.5, 0.6) is 0 Å². The average Bonchev–Trinajstić information content (AvgIpc) is 2.54. The smallest absolute Gasteiger partial charge is 0.268 e. The first-order chi connectivity index (χ1) is 11.8. The third-order valence-electron chi connectivity index (χ3n) is 4.15. The van der Waals surface area contributed by atoms with E-state index in [1.54, 1.807) is 19.1 Å². The topological polar surface area (TPSA) is 94.8 Å². The Bertz CT molecular complexity index is 1090. The molecular formula is C19H19N3O3. The van der Waals surface area contributed by atoms with E-state index in [-0.39, 0.29) is 23.2 Å². The van der Waals surface area contributed by atoms with Crippen molar-refractivity contribution in [1.29, 1.82) is 0 Å². The lowest BCUT2D eigenvalue weighted by Crippen LogP contribution is -2.29. The minimum atomic E-state index is -0.432. The van der Waals surface area contributed by atoms with Crippen LogP contribution in [0.4, 0.5) is 0 Å². The quantitative estimate of drug-likeness (QED) is 0.683. The largest absolute Gasteiger partial charge is 0.350 e. The van der Waals surface area contributed by atoms with Crippen LogP contribution in [0, 0.1) is 20.8 Å². The van der Waals surface area contributed by atoms with Crippen molar-refractivity contribution in [1.82, 2.24) is 15.3 Å². The molecule has 0 unspecified atom stereocenters. The second kappa shape index (κ2) is 6.39. The minimum absolute atomic E-state index is 0.0915. The van der Waals surface area contributed by atoms with Gasteiger partial charge in [-0.15, -0.1) is 0 Å². The first kappa shape index (κ1) is 16.7. The number of hydrogen-bond donors (Lipinski definition) is 3. The van der Waals surface area contributed by atoms with Gasteiger partial charge in [-0.05, 0) is 44.5 Å². The molecule has 128 valence electrons. The molecule has 0 radical (unpaired) electrons. The lowest BCUT2D eigenvalue weighted by atomic mass is 10.1. The van der Waals surface area contributed by atoms with Gasteiger partial charge in [0.1, 0.15) is 5.69 Å². The number of fused-ring (bicyclic) bond motifs is 1. The predicted octanol–water partition coefficient (Wildman–Crippen LogP) is 2.07. The van der Waals surface area contributed by atoms with Crippen LogP contribution in [0.3, 0.4) is 0 Å². The summed E-state index contributed by atoms with van der Waals surface area (Å²) in [5.41, 5.74) is 3.39. The number of H-pyrrole nitrogens is 2. The highest BCUT2D eigenvalue weighted by molar-refractivity contribution is 5.94. The van der Waals surface area contributed by atoms with E-state index in [4.69, 9.17) is 0 Å².